The molecule has 20 heavy (non-hydrogen) atoms. The van der Waals surface area contributed by atoms with Gasteiger partial charge in [0.2, 0.25) is 5.91 Å². The Kier molecular flexibility index (Phi) is 4.55. The van der Waals surface area contributed by atoms with Crippen LogP contribution in [0, 0.1) is 0 Å². The van der Waals surface area contributed by atoms with Crippen LogP contribution in [0.2, 0.25) is 0 Å². The number of amides is 1. The summed E-state index contributed by atoms with van der Waals surface area (Å²) in [5, 5.41) is 3.19. The second kappa shape index (κ2) is 6.56. The van der Waals surface area contributed by atoms with E-state index in [9.17, 15) is 4.79 Å². The number of nitrogens with two attached hydrogens (primary N) is 1. The largest absolute Gasteiger partial charge is 0.497 e. The quantitative estimate of drug-likeness (QED) is 0.840. The van der Waals surface area contributed by atoms with Crippen molar-refractivity contribution in [1.29, 1.82) is 0 Å². The average molecular weight is 271 g/mol. The molecule has 1 aromatic heterocycles. The third kappa shape index (κ3) is 3.71. The van der Waals surface area contributed by atoms with Crippen molar-refractivity contribution < 1.29 is 9.53 Å². The number of anilines is 1. The van der Waals surface area contributed by atoms with Gasteiger partial charge < -0.3 is 15.8 Å². The lowest BCUT2D eigenvalue weighted by atomic mass is 10.1. The Balaban J connectivity index is 1.84. The van der Waals surface area contributed by atoms with Crippen molar-refractivity contribution in [2.24, 2.45) is 5.73 Å². The highest BCUT2D eigenvalue weighted by Crippen LogP contribution is 2.12. The number of hydrogen-bond acceptors (Lipinski definition) is 4. The van der Waals surface area contributed by atoms with Gasteiger partial charge in [0, 0.05) is 12.7 Å². The van der Waals surface area contributed by atoms with Crippen LogP contribution in [0.3, 0.4) is 0 Å². The minimum Gasteiger partial charge on any atom is -0.497 e. The van der Waals surface area contributed by atoms with Crippen LogP contribution in [0.15, 0.2) is 42.6 Å². The van der Waals surface area contributed by atoms with Crippen molar-refractivity contribution >= 4 is 11.7 Å². The number of ether oxygens (including phenoxy) is 1. The van der Waals surface area contributed by atoms with E-state index in [1.807, 2.05) is 24.3 Å². The highest BCUT2D eigenvalue weighted by Gasteiger charge is 2.00. The molecule has 0 unspecified atom stereocenters. The molecule has 5 nitrogen and oxygen atoms in total. The predicted molar refractivity (Wildman–Crippen MR) is 77.9 cm³/mol. The Hall–Kier alpha value is -2.56. The summed E-state index contributed by atoms with van der Waals surface area (Å²) in [5.41, 5.74) is 6.78. The minimum atomic E-state index is -0.470. The number of carbonyl (C=O) groups excluding carboxylic acids is 1. The molecule has 5 heteroatoms. The fourth-order valence-electron chi connectivity index (χ4n) is 1.77. The van der Waals surface area contributed by atoms with Gasteiger partial charge in [-0.3, -0.25) is 4.79 Å². The molecule has 2 rings (SSSR count). The Labute approximate surface area is 117 Å². The van der Waals surface area contributed by atoms with Crippen LogP contribution in [0.4, 0.5) is 5.82 Å². The zero-order valence-electron chi connectivity index (χ0n) is 11.3. The molecule has 0 saturated heterocycles. The van der Waals surface area contributed by atoms with Crippen molar-refractivity contribution in [2.75, 3.05) is 19.0 Å². The van der Waals surface area contributed by atoms with Gasteiger partial charge in [-0.1, -0.05) is 12.1 Å². The number of nitrogens with zero attached hydrogens (tertiary/aromatic N) is 1. The number of carbonyl (C=O) groups is 1. The van der Waals surface area contributed by atoms with E-state index in [0.29, 0.717) is 5.56 Å². The van der Waals surface area contributed by atoms with E-state index in [4.69, 9.17) is 10.5 Å². The average Bonchev–Trinajstić information content (AvgIpc) is 2.48. The summed E-state index contributed by atoms with van der Waals surface area (Å²) in [6.45, 7) is 0.759. The summed E-state index contributed by atoms with van der Waals surface area (Å²) < 4.78 is 5.11. The standard InChI is InChI=1S/C15H17N3O2/c1-20-13-5-2-11(3-6-13)8-9-17-14-7-4-12(10-18-14)15(16)19/h2-7,10H,8-9H2,1H3,(H2,16,19)(H,17,18). The van der Waals surface area contributed by atoms with Gasteiger partial charge in [-0.15, -0.1) is 0 Å². The molecule has 0 bridgehead atoms. The van der Waals surface area contributed by atoms with E-state index in [2.05, 4.69) is 10.3 Å². The van der Waals surface area contributed by atoms with E-state index in [1.165, 1.54) is 11.8 Å². The summed E-state index contributed by atoms with van der Waals surface area (Å²) in [6.07, 6.45) is 2.35. The molecule has 0 saturated carbocycles. The van der Waals surface area contributed by atoms with Crippen LogP contribution in [-0.4, -0.2) is 24.5 Å². The number of primary amides is 1. The van der Waals surface area contributed by atoms with Gasteiger partial charge in [0.15, 0.2) is 0 Å². The summed E-state index contributed by atoms with van der Waals surface area (Å²) in [7, 11) is 1.65. The first-order chi connectivity index (χ1) is 9.69. The van der Waals surface area contributed by atoms with Crippen LogP contribution < -0.4 is 15.8 Å². The number of benzene rings is 1. The number of methoxy groups -OCH3 is 1. The number of nitrogens with one attached hydrogen (secondary N) is 1. The van der Waals surface area contributed by atoms with Crippen LogP contribution in [0.5, 0.6) is 5.75 Å². The zero-order chi connectivity index (χ0) is 14.4. The second-order valence-corrected chi connectivity index (χ2v) is 4.32. The first-order valence-electron chi connectivity index (χ1n) is 6.31. The lowest BCUT2D eigenvalue weighted by Gasteiger charge is -2.06. The molecule has 0 aliphatic carbocycles. The van der Waals surface area contributed by atoms with Crippen molar-refractivity contribution in [1.82, 2.24) is 4.98 Å². The maximum Gasteiger partial charge on any atom is 0.250 e. The van der Waals surface area contributed by atoms with Gasteiger partial charge in [0.1, 0.15) is 11.6 Å². The highest BCUT2D eigenvalue weighted by molar-refractivity contribution is 5.92. The molecule has 0 spiro atoms. The molecule has 0 fully saturated rings. The number of pyridine rings is 1. The van der Waals surface area contributed by atoms with Crippen molar-refractivity contribution in [3.8, 4) is 5.75 Å². The van der Waals surface area contributed by atoms with E-state index in [0.717, 1.165) is 24.5 Å². The van der Waals surface area contributed by atoms with Crippen LogP contribution in [0.1, 0.15) is 15.9 Å². The molecule has 0 aliphatic rings. The number of rotatable bonds is 6. The highest BCUT2D eigenvalue weighted by atomic mass is 16.5. The molecule has 2 aromatic rings. The number of hydrogen-bond donors (Lipinski definition) is 2. The van der Waals surface area contributed by atoms with Crippen LogP contribution in [0.25, 0.3) is 0 Å². The molecule has 0 radical (unpaired) electrons. The first-order valence-corrected chi connectivity index (χ1v) is 6.31. The molecular weight excluding hydrogens is 254 g/mol. The molecule has 1 amide bonds. The molecule has 104 valence electrons. The second-order valence-electron chi connectivity index (χ2n) is 4.32. The maximum atomic E-state index is 10.9. The van der Waals surface area contributed by atoms with E-state index in [1.54, 1.807) is 19.2 Å². The van der Waals surface area contributed by atoms with Gasteiger partial charge in [0.25, 0.3) is 0 Å². The molecular formula is C15H17N3O2. The van der Waals surface area contributed by atoms with Gasteiger partial charge in [-0.05, 0) is 36.2 Å². The monoisotopic (exact) mass is 271 g/mol. The fourth-order valence-corrected chi connectivity index (χ4v) is 1.77. The molecule has 1 aromatic carbocycles. The van der Waals surface area contributed by atoms with Crippen LogP contribution in [-0.2, 0) is 6.42 Å². The minimum absolute atomic E-state index is 0.408. The third-order valence-electron chi connectivity index (χ3n) is 2.93. The lowest BCUT2D eigenvalue weighted by Crippen LogP contribution is -2.12. The van der Waals surface area contributed by atoms with Crippen molar-refractivity contribution in [3.05, 3.63) is 53.7 Å². The Bertz CT molecular complexity index is 565. The number of aromatic nitrogens is 1. The topological polar surface area (TPSA) is 77.2 Å². The van der Waals surface area contributed by atoms with Gasteiger partial charge in [-0.25, -0.2) is 4.98 Å². The van der Waals surface area contributed by atoms with E-state index < -0.39 is 5.91 Å². The molecule has 0 aliphatic heterocycles. The summed E-state index contributed by atoms with van der Waals surface area (Å²) in [6, 6.07) is 11.3. The fraction of sp³-hybridized carbons (Fsp3) is 0.200. The maximum absolute atomic E-state index is 10.9. The van der Waals surface area contributed by atoms with Gasteiger partial charge in [0.05, 0.1) is 12.7 Å². The van der Waals surface area contributed by atoms with Crippen molar-refractivity contribution in [2.45, 2.75) is 6.42 Å². The Morgan fingerprint density at radius 1 is 1.25 bits per heavy atom. The summed E-state index contributed by atoms with van der Waals surface area (Å²) in [5.74, 6) is 1.11. The molecule has 0 atom stereocenters. The smallest absolute Gasteiger partial charge is 0.250 e. The van der Waals surface area contributed by atoms with Crippen LogP contribution >= 0.6 is 0 Å². The third-order valence-corrected chi connectivity index (χ3v) is 2.93. The SMILES string of the molecule is COc1ccc(CCNc2ccc(C(N)=O)cn2)cc1. The lowest BCUT2D eigenvalue weighted by molar-refractivity contribution is 0.1000. The molecule has 1 heterocycles. The Morgan fingerprint density at radius 3 is 2.55 bits per heavy atom. The first kappa shape index (κ1) is 13.9. The normalized spacial score (nSPS) is 10.1. The van der Waals surface area contributed by atoms with Gasteiger partial charge in [-0.2, -0.15) is 0 Å². The predicted octanol–water partition coefficient (Wildman–Crippen LogP) is 1.84. The van der Waals surface area contributed by atoms with E-state index >= 15 is 0 Å². The van der Waals surface area contributed by atoms with E-state index in [-0.39, 0.29) is 0 Å². The van der Waals surface area contributed by atoms with Gasteiger partial charge >= 0.3 is 0 Å². The summed E-state index contributed by atoms with van der Waals surface area (Å²) >= 11 is 0. The molecule has 3 N–H and O–H groups in total. The zero-order valence-corrected chi connectivity index (χ0v) is 11.3. The summed E-state index contributed by atoms with van der Waals surface area (Å²) in [4.78, 5) is 15.0. The van der Waals surface area contributed by atoms with Crippen molar-refractivity contribution in [3.63, 3.8) is 0 Å². The Morgan fingerprint density at radius 2 is 2.00 bits per heavy atom.